The van der Waals surface area contributed by atoms with Gasteiger partial charge in [-0.25, -0.2) is 0 Å². The fourth-order valence-corrected chi connectivity index (χ4v) is 1.48. The number of hydrogen-bond donors (Lipinski definition) is 0. The third-order valence-corrected chi connectivity index (χ3v) is 2.11. The van der Waals surface area contributed by atoms with Gasteiger partial charge in [0.05, 0.1) is 5.52 Å². The van der Waals surface area contributed by atoms with E-state index >= 15 is 0 Å². The second kappa shape index (κ2) is 4.14. The number of para-hydroxylation sites is 1. The van der Waals surface area contributed by atoms with E-state index in [1.165, 1.54) is 11.8 Å². The predicted octanol–water partition coefficient (Wildman–Crippen LogP) is 1.49. The van der Waals surface area contributed by atoms with Gasteiger partial charge in [0.1, 0.15) is 5.69 Å². The Labute approximate surface area is 87.0 Å². The van der Waals surface area contributed by atoms with Gasteiger partial charge in [-0.05, 0) is 12.1 Å². The largest absolute Gasteiger partial charge is 0.384 e. The summed E-state index contributed by atoms with van der Waals surface area (Å²) in [5, 5.41) is 0.968. The topological polar surface area (TPSA) is 40.5 Å². The van der Waals surface area contributed by atoms with Gasteiger partial charge in [0.15, 0.2) is 6.29 Å². The number of aromatic nitrogens is 1. The summed E-state index contributed by atoms with van der Waals surface area (Å²) < 4.78 is 6.28. The summed E-state index contributed by atoms with van der Waals surface area (Å²) in [5.41, 5.74) is 1.34. The first-order valence-electron chi connectivity index (χ1n) is 4.54. The molecule has 0 aliphatic rings. The molecule has 0 fully saturated rings. The highest BCUT2D eigenvalue weighted by Gasteiger charge is 2.07. The van der Waals surface area contributed by atoms with Gasteiger partial charge >= 0.3 is 0 Å². The van der Waals surface area contributed by atoms with Gasteiger partial charge in [-0.2, -0.15) is 4.73 Å². The van der Waals surface area contributed by atoms with Crippen LogP contribution in [0.4, 0.5) is 0 Å². The maximum atomic E-state index is 10.8. The molecule has 2 aromatic rings. The van der Waals surface area contributed by atoms with Crippen molar-refractivity contribution in [3.63, 3.8) is 0 Å². The number of benzene rings is 1. The number of carbonyl (C=O) groups is 1. The highest BCUT2D eigenvalue weighted by Crippen LogP contribution is 2.17. The molecule has 0 radical (unpaired) electrons. The molecule has 0 saturated carbocycles. The van der Waals surface area contributed by atoms with E-state index in [1.807, 2.05) is 24.3 Å². The molecule has 2 rings (SSSR count). The molecule has 78 valence electrons. The van der Waals surface area contributed by atoms with Crippen LogP contribution in [0, 0.1) is 0 Å². The van der Waals surface area contributed by atoms with Gasteiger partial charge in [0, 0.05) is 12.5 Å². The minimum absolute atomic E-state index is 0.111. The first-order valence-corrected chi connectivity index (χ1v) is 4.54. The molecule has 0 bridgehead atoms. The van der Waals surface area contributed by atoms with Crippen molar-refractivity contribution in [2.24, 2.45) is 0 Å². The van der Waals surface area contributed by atoms with Crippen LogP contribution in [0.15, 0.2) is 30.3 Å². The second-order valence-corrected chi connectivity index (χ2v) is 3.08. The van der Waals surface area contributed by atoms with E-state index in [1.54, 1.807) is 6.07 Å². The van der Waals surface area contributed by atoms with Crippen molar-refractivity contribution >= 4 is 17.2 Å². The fourth-order valence-electron chi connectivity index (χ4n) is 1.48. The van der Waals surface area contributed by atoms with Gasteiger partial charge in [-0.3, -0.25) is 4.79 Å². The smallest absolute Gasteiger partial charge is 0.214 e. The van der Waals surface area contributed by atoms with E-state index in [4.69, 9.17) is 9.57 Å². The van der Waals surface area contributed by atoms with Crippen LogP contribution in [0.2, 0.25) is 0 Å². The van der Waals surface area contributed by atoms with E-state index in [-0.39, 0.29) is 6.79 Å². The van der Waals surface area contributed by atoms with Crippen molar-refractivity contribution in [2.75, 3.05) is 13.9 Å². The Bertz CT molecular complexity index is 476. The van der Waals surface area contributed by atoms with Crippen molar-refractivity contribution < 1.29 is 14.4 Å². The Kier molecular flexibility index (Phi) is 2.69. The zero-order valence-electron chi connectivity index (χ0n) is 8.34. The maximum Gasteiger partial charge on any atom is 0.214 e. The average molecular weight is 205 g/mol. The van der Waals surface area contributed by atoms with E-state index in [2.05, 4.69) is 0 Å². The predicted molar refractivity (Wildman–Crippen MR) is 55.8 cm³/mol. The summed E-state index contributed by atoms with van der Waals surface area (Å²) >= 11 is 0. The number of nitrogens with zero attached hydrogens (tertiary/aromatic N) is 1. The normalized spacial score (nSPS) is 10.5. The van der Waals surface area contributed by atoms with Crippen LogP contribution >= 0.6 is 0 Å². The lowest BCUT2D eigenvalue weighted by Crippen LogP contribution is -2.15. The van der Waals surface area contributed by atoms with Crippen molar-refractivity contribution in [3.05, 3.63) is 36.0 Å². The average Bonchev–Trinajstić information content (AvgIpc) is 2.64. The van der Waals surface area contributed by atoms with Crippen molar-refractivity contribution in [2.45, 2.75) is 0 Å². The van der Waals surface area contributed by atoms with E-state index in [9.17, 15) is 4.79 Å². The summed E-state index contributed by atoms with van der Waals surface area (Å²) in [4.78, 5) is 16.1. The van der Waals surface area contributed by atoms with Gasteiger partial charge in [-0.15, -0.1) is 0 Å². The van der Waals surface area contributed by atoms with Crippen LogP contribution in [-0.4, -0.2) is 24.9 Å². The lowest BCUT2D eigenvalue weighted by atomic mass is 10.2. The van der Waals surface area contributed by atoms with E-state index < -0.39 is 0 Å². The monoisotopic (exact) mass is 205 g/mol. The molecule has 0 aliphatic heterocycles. The Hall–Kier alpha value is -1.81. The number of fused-ring (bicyclic) bond motifs is 1. The number of rotatable bonds is 4. The third-order valence-electron chi connectivity index (χ3n) is 2.11. The molecule has 1 aromatic carbocycles. The van der Waals surface area contributed by atoms with Crippen molar-refractivity contribution in [1.29, 1.82) is 0 Å². The molecule has 0 N–H and O–H groups in total. The van der Waals surface area contributed by atoms with E-state index in [0.717, 1.165) is 17.2 Å². The van der Waals surface area contributed by atoms with Crippen LogP contribution in [0.5, 0.6) is 0 Å². The number of ether oxygens (including phenoxy) is 1. The zero-order valence-corrected chi connectivity index (χ0v) is 8.34. The molecule has 0 aliphatic carbocycles. The number of carbonyl (C=O) groups excluding carboxylic acids is 1. The minimum Gasteiger partial charge on any atom is -0.384 e. The Morgan fingerprint density at radius 3 is 2.93 bits per heavy atom. The van der Waals surface area contributed by atoms with Crippen LogP contribution in [-0.2, 0) is 4.74 Å². The molecule has 4 heteroatoms. The Morgan fingerprint density at radius 2 is 2.20 bits per heavy atom. The minimum atomic E-state index is 0.111. The van der Waals surface area contributed by atoms with Gasteiger partial charge in [0.25, 0.3) is 0 Å². The molecule has 0 spiro atoms. The van der Waals surface area contributed by atoms with Gasteiger partial charge < -0.3 is 9.57 Å². The highest BCUT2D eigenvalue weighted by molar-refractivity contribution is 5.88. The molecule has 1 aromatic heterocycles. The number of aldehydes is 1. The van der Waals surface area contributed by atoms with Gasteiger partial charge in [0.2, 0.25) is 6.79 Å². The van der Waals surface area contributed by atoms with Crippen LogP contribution in [0.3, 0.4) is 0 Å². The highest BCUT2D eigenvalue weighted by atomic mass is 16.8. The van der Waals surface area contributed by atoms with Crippen LogP contribution < -0.4 is 4.84 Å². The lowest BCUT2D eigenvalue weighted by molar-refractivity contribution is -0.0344. The third kappa shape index (κ3) is 1.71. The summed E-state index contributed by atoms with van der Waals surface area (Å²) in [6.07, 6.45) is 0.760. The van der Waals surface area contributed by atoms with Crippen LogP contribution in [0.1, 0.15) is 10.5 Å². The molecule has 0 atom stereocenters. The Balaban J connectivity index is 2.51. The fraction of sp³-hybridized carbons (Fsp3) is 0.182. The SMILES string of the molecule is COCOn1c(C=O)cc2ccccc21. The summed E-state index contributed by atoms with van der Waals surface area (Å²) in [7, 11) is 1.53. The van der Waals surface area contributed by atoms with Crippen LogP contribution in [0.25, 0.3) is 10.9 Å². The zero-order chi connectivity index (χ0) is 10.7. The molecule has 0 saturated heterocycles. The number of methoxy groups -OCH3 is 1. The molecule has 1 heterocycles. The summed E-state index contributed by atoms with van der Waals surface area (Å²) in [6, 6.07) is 9.39. The molecule has 0 amide bonds. The molecule has 15 heavy (non-hydrogen) atoms. The Morgan fingerprint density at radius 1 is 1.40 bits per heavy atom. The standard InChI is InChI=1S/C11H11NO3/c1-14-8-15-12-10(7-13)6-9-4-2-3-5-11(9)12/h2-7H,8H2,1H3. The van der Waals surface area contributed by atoms with Crippen molar-refractivity contribution in [1.82, 2.24) is 4.73 Å². The quantitative estimate of drug-likeness (QED) is 0.560. The molecular formula is C11H11NO3. The molecule has 0 unspecified atom stereocenters. The molecular weight excluding hydrogens is 194 g/mol. The first kappa shape index (κ1) is 9.73. The summed E-state index contributed by atoms with van der Waals surface area (Å²) in [6.45, 7) is 0.111. The number of hydrogen-bond acceptors (Lipinski definition) is 3. The lowest BCUT2D eigenvalue weighted by Gasteiger charge is -2.07. The van der Waals surface area contributed by atoms with E-state index in [0.29, 0.717) is 5.69 Å². The second-order valence-electron chi connectivity index (χ2n) is 3.08. The molecule has 4 nitrogen and oxygen atoms in total. The summed E-state index contributed by atoms with van der Waals surface area (Å²) in [5.74, 6) is 0. The first-order chi connectivity index (χ1) is 7.36. The van der Waals surface area contributed by atoms with Gasteiger partial charge in [-0.1, -0.05) is 18.2 Å². The van der Waals surface area contributed by atoms with Crippen molar-refractivity contribution in [3.8, 4) is 0 Å². The maximum absolute atomic E-state index is 10.8.